The number of carbonyl (C=O) groups excluding carboxylic acids is 1. The molecule has 0 fully saturated rings. The Morgan fingerprint density at radius 3 is 3.00 bits per heavy atom. The zero-order valence-corrected chi connectivity index (χ0v) is 8.78. The second-order valence-electron chi connectivity index (χ2n) is 1.52. The maximum absolute atomic E-state index is 10.1. The molecule has 0 bridgehead atoms. The van der Waals surface area contributed by atoms with Gasteiger partial charge in [0.25, 0.3) is 0 Å². The summed E-state index contributed by atoms with van der Waals surface area (Å²) < 4.78 is 2.01. The summed E-state index contributed by atoms with van der Waals surface area (Å²) in [5, 5.41) is 2.95. The summed E-state index contributed by atoms with van der Waals surface area (Å²) in [6, 6.07) is 0. The van der Waals surface area contributed by atoms with E-state index in [-0.39, 0.29) is 0 Å². The molecule has 1 heterocycles. The fourth-order valence-corrected chi connectivity index (χ4v) is 1.46. The van der Waals surface area contributed by atoms with Gasteiger partial charge in [0.1, 0.15) is 0 Å². The second-order valence-corrected chi connectivity index (χ2v) is 3.94. The molecule has 1 aliphatic rings. The summed E-state index contributed by atoms with van der Waals surface area (Å²) >= 11 is 0.728. The Morgan fingerprint density at radius 1 is 2.00 bits per heavy atom. The molecule has 0 aromatic heterocycles. The van der Waals surface area contributed by atoms with Crippen LogP contribution < -0.4 is 5.32 Å². The molecule has 1 aliphatic heterocycles. The quantitative estimate of drug-likeness (QED) is 0.497. The Bertz CT molecular complexity index is 134. The van der Waals surface area contributed by atoms with Crippen molar-refractivity contribution in [3.8, 4) is 0 Å². The van der Waals surface area contributed by atoms with E-state index in [1.54, 1.807) is 6.20 Å². The van der Waals surface area contributed by atoms with Crippen molar-refractivity contribution in [3.63, 3.8) is 0 Å². The van der Waals surface area contributed by atoms with Crippen molar-refractivity contribution in [2.45, 2.75) is 0 Å². The fraction of sp³-hybridized carbons (Fsp3) is 0.250. The van der Waals surface area contributed by atoms with Crippen LogP contribution in [0.5, 0.6) is 0 Å². The monoisotopic (exact) mass is 302 g/mol. The van der Waals surface area contributed by atoms with Crippen LogP contribution in [-0.4, -0.2) is 41.7 Å². The van der Waals surface area contributed by atoms with Crippen LogP contribution in [0, 0.1) is 0 Å². The van der Waals surface area contributed by atoms with Crippen LogP contribution in [0.4, 0.5) is 0 Å². The maximum atomic E-state index is 10.1. The average molecular weight is 301 g/mol. The summed E-state index contributed by atoms with van der Waals surface area (Å²) in [5.74, 6) is 0. The van der Waals surface area contributed by atoms with Crippen molar-refractivity contribution in [1.82, 2.24) is 8.03 Å². The zero-order valence-electron chi connectivity index (χ0n) is 4.29. The number of hydrogen-bond acceptors (Lipinski definition) is 3. The number of hydrogen-bond donors (Lipinski definition) is 1. The third kappa shape index (κ3) is 1.01. The van der Waals surface area contributed by atoms with E-state index >= 15 is 0 Å². The first-order valence-corrected chi connectivity index (χ1v) is 4.26. The van der Waals surface area contributed by atoms with Crippen LogP contribution in [-0.2, 0) is 4.79 Å². The second kappa shape index (κ2) is 2.47. The van der Waals surface area contributed by atoms with Gasteiger partial charge in [-0.15, -0.1) is 0 Å². The Balaban J connectivity index is 2.62. The van der Waals surface area contributed by atoms with Gasteiger partial charge in [0.15, 0.2) is 0 Å². The Labute approximate surface area is 63.8 Å². The van der Waals surface area contributed by atoms with Gasteiger partial charge in [0, 0.05) is 0 Å². The molecule has 0 amide bonds. The van der Waals surface area contributed by atoms with E-state index < -0.39 is 0 Å². The number of aldehydes is 1. The van der Waals surface area contributed by atoms with E-state index in [0.29, 0.717) is 0 Å². The number of carbonyl (C=O) groups is 1. The molecule has 1 rings (SSSR count). The summed E-state index contributed by atoms with van der Waals surface area (Å²) in [4.78, 5) is 10.1. The van der Waals surface area contributed by atoms with Gasteiger partial charge in [-0.25, -0.2) is 0 Å². The normalized spacial score (nSPS) is 17.4. The molecule has 0 aliphatic carbocycles. The van der Waals surface area contributed by atoms with Gasteiger partial charge in [0.2, 0.25) is 0 Å². The van der Waals surface area contributed by atoms with Crippen molar-refractivity contribution >= 4 is 32.4 Å². The van der Waals surface area contributed by atoms with Gasteiger partial charge in [-0.3, -0.25) is 0 Å². The standard InChI is InChI=1S/C4H5N2O.Tl/c7-2-4-1-5-3-6-4;/h1-2H,3H2,(H,5,7);/q-1;+1. The molecule has 40 valence electrons. The van der Waals surface area contributed by atoms with Gasteiger partial charge in [0.05, 0.1) is 0 Å². The van der Waals surface area contributed by atoms with Crippen molar-refractivity contribution in [2.24, 2.45) is 0 Å². The van der Waals surface area contributed by atoms with E-state index in [1.165, 1.54) is 0 Å². The van der Waals surface area contributed by atoms with E-state index in [4.69, 9.17) is 0 Å². The summed E-state index contributed by atoms with van der Waals surface area (Å²) in [7, 11) is 0. The fourth-order valence-electron chi connectivity index (χ4n) is 0.524. The van der Waals surface area contributed by atoms with Crippen LogP contribution in [0.2, 0.25) is 0 Å². The molecule has 0 saturated heterocycles. The molecule has 0 aromatic carbocycles. The first-order chi connectivity index (χ1) is 3.84. The van der Waals surface area contributed by atoms with E-state index in [9.17, 15) is 4.79 Å². The van der Waals surface area contributed by atoms with Crippen LogP contribution in [0.15, 0.2) is 11.9 Å². The Kier molecular flexibility index (Phi) is 1.87. The third-order valence-corrected chi connectivity index (χ3v) is 2.83. The van der Waals surface area contributed by atoms with Crippen molar-refractivity contribution in [2.75, 3.05) is 6.67 Å². The first kappa shape index (κ1) is 6.06. The van der Waals surface area contributed by atoms with Crippen molar-refractivity contribution < 1.29 is 4.79 Å². The van der Waals surface area contributed by atoms with Crippen molar-refractivity contribution in [3.05, 3.63) is 11.9 Å². The molecule has 0 spiro atoms. The van der Waals surface area contributed by atoms with Gasteiger partial charge >= 0.3 is 63.7 Å². The van der Waals surface area contributed by atoms with Gasteiger partial charge in [-0.2, -0.15) is 0 Å². The third-order valence-electron chi connectivity index (χ3n) is 0.964. The molecule has 4 heteroatoms. The number of rotatable bonds is 1. The molecular weight excluding hydrogens is 296 g/mol. The molecule has 8 heavy (non-hydrogen) atoms. The number of nitrogens with one attached hydrogen (secondary N) is 1. The molecule has 0 unspecified atom stereocenters. The van der Waals surface area contributed by atoms with Crippen LogP contribution >= 0.6 is 0 Å². The van der Waals surface area contributed by atoms with Crippen LogP contribution in [0.1, 0.15) is 0 Å². The van der Waals surface area contributed by atoms with Gasteiger partial charge in [-0.05, 0) is 0 Å². The van der Waals surface area contributed by atoms with E-state index in [0.717, 1.165) is 44.7 Å². The molecule has 0 atom stereocenters. The topological polar surface area (TPSA) is 32.3 Å². The van der Waals surface area contributed by atoms with Gasteiger partial charge in [-0.1, -0.05) is 0 Å². The zero-order chi connectivity index (χ0) is 5.98. The molecule has 0 saturated carbocycles. The summed E-state index contributed by atoms with van der Waals surface area (Å²) in [5.41, 5.74) is 0.787. The van der Waals surface area contributed by atoms with Crippen LogP contribution in [0.3, 0.4) is 0 Å². The predicted molar refractivity (Wildman–Crippen MR) is 29.7 cm³/mol. The summed E-state index contributed by atoms with van der Waals surface area (Å²) in [6.45, 7) is 0.818. The molecular formula is C4H5N2OTl. The molecule has 3 nitrogen and oxygen atoms in total. The van der Waals surface area contributed by atoms with Crippen molar-refractivity contribution in [1.29, 1.82) is 0 Å². The first-order valence-electron chi connectivity index (χ1n) is 2.25. The predicted octanol–water partition coefficient (Wildman–Crippen LogP) is -1.03. The number of allylic oxidation sites excluding steroid dienone is 1. The molecule has 0 aromatic rings. The summed E-state index contributed by atoms with van der Waals surface area (Å²) in [6.07, 6.45) is 2.62. The number of nitrogens with zero attached hydrogens (tertiary/aromatic N) is 1. The molecule has 1 N–H and O–H groups in total. The molecule has 0 radical (unpaired) electrons. The minimum atomic E-state index is 0.728. The van der Waals surface area contributed by atoms with E-state index in [1.807, 2.05) is 2.71 Å². The van der Waals surface area contributed by atoms with E-state index in [2.05, 4.69) is 5.32 Å². The Hall–Kier alpha value is -0.0679. The Morgan fingerprint density at radius 2 is 2.75 bits per heavy atom. The average Bonchev–Trinajstić information content (AvgIpc) is 2.14. The van der Waals surface area contributed by atoms with Gasteiger partial charge < -0.3 is 0 Å². The SMILES string of the molecule is O=CC1=CNC[N]1[Tl]. The minimum absolute atomic E-state index is 0.728. The van der Waals surface area contributed by atoms with Crippen LogP contribution in [0.25, 0.3) is 0 Å².